The van der Waals surface area contributed by atoms with Crippen LogP contribution in [0.2, 0.25) is 10.0 Å². The van der Waals surface area contributed by atoms with Crippen LogP contribution in [0.5, 0.6) is 34.5 Å². The molecule has 0 N–H and O–H groups in total. The first-order valence-corrected chi connectivity index (χ1v) is 17.0. The Hall–Kier alpha value is -4.98. The monoisotopic (exact) mass is 733 g/mol. The van der Waals surface area contributed by atoms with Crippen LogP contribution in [-0.4, -0.2) is 71.5 Å². The third kappa shape index (κ3) is 7.55. The number of ether oxygens (including phenoxy) is 6. The quantitative estimate of drug-likeness (QED) is 0.169. The lowest BCUT2D eigenvalue weighted by molar-refractivity contribution is -0.130. The number of hydrogen-bond donors (Lipinski definition) is 0. The molecule has 10 nitrogen and oxygen atoms in total. The fourth-order valence-electron chi connectivity index (χ4n) is 6.82. The molecule has 0 radical (unpaired) electrons. The first-order chi connectivity index (χ1) is 24.6. The second-order valence-corrected chi connectivity index (χ2v) is 12.7. The molecule has 0 saturated heterocycles. The van der Waals surface area contributed by atoms with Crippen molar-refractivity contribution >= 4 is 29.1 Å². The SMILES string of the molecule is COc1ccc2c(c1)CCN(C#N)C2c1cc(Cl)c(OC)c(OC)c1.COc1ccc2c(c1)CCN(C(C)=O)C2c1cc(Cl)c(OC)c(OC)c1. The fraction of sp³-hybridized carbons (Fsp3) is 0.333. The van der Waals surface area contributed by atoms with Crippen molar-refractivity contribution in [1.82, 2.24) is 9.80 Å². The zero-order valence-corrected chi connectivity index (χ0v) is 31.2. The molecule has 2 unspecified atom stereocenters. The van der Waals surface area contributed by atoms with Gasteiger partial charge in [0.05, 0.1) is 64.8 Å². The molecule has 0 aromatic heterocycles. The summed E-state index contributed by atoms with van der Waals surface area (Å²) in [4.78, 5) is 15.9. The summed E-state index contributed by atoms with van der Waals surface area (Å²) in [5, 5.41) is 10.5. The van der Waals surface area contributed by atoms with Gasteiger partial charge >= 0.3 is 0 Å². The Morgan fingerprint density at radius 1 is 0.667 bits per heavy atom. The molecule has 2 aliphatic rings. The van der Waals surface area contributed by atoms with Gasteiger partial charge in [-0.15, -0.1) is 0 Å². The maximum atomic E-state index is 12.3. The molecule has 0 spiro atoms. The zero-order chi connectivity index (χ0) is 36.8. The fourth-order valence-corrected chi connectivity index (χ4v) is 7.41. The van der Waals surface area contributed by atoms with E-state index in [1.807, 2.05) is 65.6 Å². The summed E-state index contributed by atoms with van der Waals surface area (Å²) in [7, 11) is 9.54. The highest BCUT2D eigenvalue weighted by molar-refractivity contribution is 6.32. The predicted octanol–water partition coefficient (Wildman–Crippen LogP) is 7.65. The van der Waals surface area contributed by atoms with E-state index in [4.69, 9.17) is 51.6 Å². The van der Waals surface area contributed by atoms with Crippen LogP contribution in [0.15, 0.2) is 60.7 Å². The summed E-state index contributed by atoms with van der Waals surface area (Å²) in [6.45, 7) is 2.85. The van der Waals surface area contributed by atoms with Gasteiger partial charge in [-0.25, -0.2) is 0 Å². The molecule has 4 aromatic carbocycles. The Morgan fingerprint density at radius 3 is 1.57 bits per heavy atom. The number of nitrogens with zero attached hydrogens (tertiary/aromatic N) is 3. The van der Waals surface area contributed by atoms with Crippen LogP contribution in [0.25, 0.3) is 0 Å². The lowest BCUT2D eigenvalue weighted by Gasteiger charge is -2.37. The highest BCUT2D eigenvalue weighted by atomic mass is 35.5. The van der Waals surface area contributed by atoms with Gasteiger partial charge in [-0.1, -0.05) is 35.3 Å². The largest absolute Gasteiger partial charge is 0.497 e. The van der Waals surface area contributed by atoms with E-state index in [9.17, 15) is 10.1 Å². The lowest BCUT2D eigenvalue weighted by Crippen LogP contribution is -2.39. The topological polar surface area (TPSA) is 103 Å². The summed E-state index contributed by atoms with van der Waals surface area (Å²) in [5.41, 5.74) is 6.23. The van der Waals surface area contributed by atoms with E-state index in [-0.39, 0.29) is 18.0 Å². The molecule has 0 fully saturated rings. The Morgan fingerprint density at radius 2 is 1.14 bits per heavy atom. The van der Waals surface area contributed by atoms with Crippen molar-refractivity contribution in [2.75, 3.05) is 55.7 Å². The molecule has 12 heteroatoms. The average molecular weight is 735 g/mol. The van der Waals surface area contributed by atoms with Crippen molar-refractivity contribution in [2.45, 2.75) is 31.8 Å². The van der Waals surface area contributed by atoms with E-state index in [1.165, 1.54) is 5.56 Å². The average Bonchev–Trinajstić information content (AvgIpc) is 3.15. The van der Waals surface area contributed by atoms with Gasteiger partial charge in [0.2, 0.25) is 5.91 Å². The van der Waals surface area contributed by atoms with Crippen LogP contribution < -0.4 is 28.4 Å². The van der Waals surface area contributed by atoms with Crippen molar-refractivity contribution in [3.63, 3.8) is 0 Å². The smallest absolute Gasteiger partial charge is 0.220 e. The molecule has 1 amide bonds. The van der Waals surface area contributed by atoms with Crippen LogP contribution in [-0.2, 0) is 17.6 Å². The van der Waals surface area contributed by atoms with Crippen LogP contribution in [0.4, 0.5) is 0 Å². The van der Waals surface area contributed by atoms with E-state index in [1.54, 1.807) is 54.5 Å². The molecule has 0 bridgehead atoms. The number of amides is 1. The van der Waals surface area contributed by atoms with Gasteiger partial charge in [-0.05, 0) is 94.8 Å². The maximum absolute atomic E-state index is 12.3. The first kappa shape index (κ1) is 37.3. The minimum atomic E-state index is -0.237. The minimum Gasteiger partial charge on any atom is -0.497 e. The van der Waals surface area contributed by atoms with Crippen LogP contribution in [0.1, 0.15) is 52.4 Å². The Bertz CT molecular complexity index is 1950. The molecule has 6 rings (SSSR count). The van der Waals surface area contributed by atoms with Gasteiger partial charge in [0.15, 0.2) is 29.2 Å². The number of rotatable bonds is 8. The van der Waals surface area contributed by atoms with Gasteiger partial charge in [0, 0.05) is 20.0 Å². The summed E-state index contributed by atoms with van der Waals surface area (Å²) in [5.74, 6) is 3.70. The third-order valence-corrected chi connectivity index (χ3v) is 9.79. The summed E-state index contributed by atoms with van der Waals surface area (Å²) >= 11 is 12.8. The summed E-state index contributed by atoms with van der Waals surface area (Å²) < 4.78 is 32.2. The number of nitriles is 1. The second kappa shape index (κ2) is 16.4. The van der Waals surface area contributed by atoms with Gasteiger partial charge in [-0.3, -0.25) is 9.69 Å². The number of benzene rings is 4. The highest BCUT2D eigenvalue weighted by Crippen LogP contribution is 2.44. The number of fused-ring (bicyclic) bond motifs is 2. The standard InChI is InChI=1S/C20H22ClNO4.C19H19ClN2O3/c1-12(23)22-8-7-13-9-15(24-2)5-6-16(13)19(22)14-10-17(21)20(26-4)18(11-14)25-3;1-23-14-4-5-15-12(8-14)6-7-22(11-21)18(15)13-9-16(20)19(25-3)17(10-13)24-2/h5-6,9-11,19H,7-8H2,1-4H3;4-5,8-10,18H,6-7H2,1-3H3. The molecular formula is C39H41Cl2N3O7. The predicted molar refractivity (Wildman–Crippen MR) is 196 cm³/mol. The van der Waals surface area contributed by atoms with E-state index in [2.05, 4.69) is 6.19 Å². The summed E-state index contributed by atoms with van der Waals surface area (Å²) in [6, 6.07) is 18.9. The van der Waals surface area contributed by atoms with Crippen molar-refractivity contribution in [2.24, 2.45) is 0 Å². The molecule has 0 aliphatic carbocycles. The van der Waals surface area contributed by atoms with Crippen molar-refractivity contribution in [3.8, 4) is 40.7 Å². The van der Waals surface area contributed by atoms with E-state index >= 15 is 0 Å². The first-order valence-electron chi connectivity index (χ1n) is 16.2. The maximum Gasteiger partial charge on any atom is 0.220 e. The number of carbonyl (C=O) groups is 1. The van der Waals surface area contributed by atoms with Crippen LogP contribution in [0, 0.1) is 11.5 Å². The van der Waals surface area contributed by atoms with Gasteiger partial charge in [-0.2, -0.15) is 5.26 Å². The Balaban J connectivity index is 0.000000198. The Labute approximate surface area is 308 Å². The third-order valence-electron chi connectivity index (χ3n) is 9.23. The van der Waals surface area contributed by atoms with E-state index in [0.717, 1.165) is 52.2 Å². The minimum absolute atomic E-state index is 0.0161. The van der Waals surface area contributed by atoms with E-state index < -0.39 is 0 Å². The number of carbonyl (C=O) groups excluding carboxylic acids is 1. The van der Waals surface area contributed by atoms with Crippen molar-refractivity contribution in [1.29, 1.82) is 5.26 Å². The van der Waals surface area contributed by atoms with Crippen LogP contribution >= 0.6 is 23.2 Å². The number of hydrogen-bond acceptors (Lipinski definition) is 9. The summed E-state index contributed by atoms with van der Waals surface area (Å²) in [6.07, 6.45) is 3.87. The van der Waals surface area contributed by atoms with Gasteiger partial charge in [0.1, 0.15) is 11.5 Å². The molecule has 2 heterocycles. The molecule has 268 valence electrons. The van der Waals surface area contributed by atoms with Crippen molar-refractivity contribution < 1.29 is 33.2 Å². The lowest BCUT2D eigenvalue weighted by atomic mass is 9.87. The molecule has 51 heavy (non-hydrogen) atoms. The molecular weight excluding hydrogens is 693 g/mol. The molecule has 2 atom stereocenters. The van der Waals surface area contributed by atoms with Gasteiger partial charge < -0.3 is 33.3 Å². The van der Waals surface area contributed by atoms with Crippen molar-refractivity contribution in [3.05, 3.63) is 104 Å². The second-order valence-electron chi connectivity index (χ2n) is 11.9. The molecule has 0 saturated carbocycles. The number of halogens is 2. The molecule has 4 aromatic rings. The normalized spacial score (nSPS) is 16.0. The van der Waals surface area contributed by atoms with Gasteiger partial charge in [0.25, 0.3) is 0 Å². The number of methoxy groups -OCH3 is 6. The Kier molecular flexibility index (Phi) is 12.0. The van der Waals surface area contributed by atoms with E-state index in [0.29, 0.717) is 46.1 Å². The molecule has 2 aliphatic heterocycles. The highest BCUT2D eigenvalue weighted by Gasteiger charge is 2.33. The van der Waals surface area contributed by atoms with Crippen LogP contribution in [0.3, 0.4) is 0 Å². The zero-order valence-electron chi connectivity index (χ0n) is 29.7.